The van der Waals surface area contributed by atoms with Crippen molar-refractivity contribution in [1.29, 1.82) is 0 Å². The number of aromatic nitrogens is 2. The van der Waals surface area contributed by atoms with E-state index in [1.54, 1.807) is 6.20 Å². The lowest BCUT2D eigenvalue weighted by atomic mass is 9.97. The zero-order chi connectivity index (χ0) is 23.0. The summed E-state index contributed by atoms with van der Waals surface area (Å²) in [6, 6.07) is 18.0. The van der Waals surface area contributed by atoms with Crippen molar-refractivity contribution in [2.24, 2.45) is 0 Å². The van der Waals surface area contributed by atoms with E-state index < -0.39 is 0 Å². The van der Waals surface area contributed by atoms with Gasteiger partial charge in [0.1, 0.15) is 0 Å². The second kappa shape index (κ2) is 10.9. The Balaban J connectivity index is 1.45. The molecule has 1 fully saturated rings. The van der Waals surface area contributed by atoms with Crippen molar-refractivity contribution < 1.29 is 9.59 Å². The number of likely N-dealkylation sites (N-methyl/N-ethyl adjacent to an activating group) is 1. The number of nitrogens with zero attached hydrogens (tertiary/aromatic N) is 4. The highest BCUT2D eigenvalue weighted by Crippen LogP contribution is 2.26. The van der Waals surface area contributed by atoms with Crippen molar-refractivity contribution in [3.05, 3.63) is 78.1 Å². The number of carbonyl (C=O) groups is 2. The third-order valence-corrected chi connectivity index (χ3v) is 5.94. The molecule has 172 valence electrons. The van der Waals surface area contributed by atoms with E-state index in [0.29, 0.717) is 39.3 Å². The molecule has 0 unspecified atom stereocenters. The number of carbonyl (C=O) groups excluding carboxylic acids is 2. The SMILES string of the molecule is CCNC(=O)CN1CCCN(C(=O)c2ccccc2-c2ccc(Cn3cccn3)cc2)CC1. The lowest BCUT2D eigenvalue weighted by molar-refractivity contribution is -0.122. The van der Waals surface area contributed by atoms with Gasteiger partial charge in [-0.2, -0.15) is 5.10 Å². The molecule has 0 saturated carbocycles. The maximum Gasteiger partial charge on any atom is 0.254 e. The third kappa shape index (κ3) is 5.87. The summed E-state index contributed by atoms with van der Waals surface area (Å²) in [6.45, 7) is 6.50. The Labute approximate surface area is 195 Å². The van der Waals surface area contributed by atoms with Crippen LogP contribution in [0.1, 0.15) is 29.3 Å². The zero-order valence-electron chi connectivity index (χ0n) is 19.1. The summed E-state index contributed by atoms with van der Waals surface area (Å²) in [5.74, 6) is 0.0877. The van der Waals surface area contributed by atoms with Crippen LogP contribution < -0.4 is 5.32 Å². The van der Waals surface area contributed by atoms with E-state index in [-0.39, 0.29) is 11.8 Å². The molecule has 7 nitrogen and oxygen atoms in total. The smallest absolute Gasteiger partial charge is 0.254 e. The van der Waals surface area contributed by atoms with E-state index >= 15 is 0 Å². The van der Waals surface area contributed by atoms with Crippen molar-refractivity contribution in [2.75, 3.05) is 39.3 Å². The van der Waals surface area contributed by atoms with Gasteiger partial charge in [0.2, 0.25) is 5.91 Å². The molecule has 0 atom stereocenters. The molecule has 2 aromatic carbocycles. The second-order valence-electron chi connectivity index (χ2n) is 8.32. The number of hydrogen-bond donors (Lipinski definition) is 1. The lowest BCUT2D eigenvalue weighted by Gasteiger charge is -2.23. The highest BCUT2D eigenvalue weighted by atomic mass is 16.2. The van der Waals surface area contributed by atoms with Gasteiger partial charge in [0, 0.05) is 50.7 Å². The first-order valence-corrected chi connectivity index (χ1v) is 11.6. The molecule has 7 heteroatoms. The van der Waals surface area contributed by atoms with Gasteiger partial charge in [0.05, 0.1) is 13.1 Å². The Bertz CT molecular complexity index is 1060. The topological polar surface area (TPSA) is 70.5 Å². The molecule has 0 radical (unpaired) electrons. The van der Waals surface area contributed by atoms with Crippen LogP contribution in [-0.4, -0.2) is 70.7 Å². The molecule has 2 heterocycles. The van der Waals surface area contributed by atoms with Gasteiger partial charge in [-0.25, -0.2) is 0 Å². The molecule has 0 aliphatic carbocycles. The van der Waals surface area contributed by atoms with Crippen LogP contribution in [0.15, 0.2) is 67.0 Å². The van der Waals surface area contributed by atoms with Crippen molar-refractivity contribution in [3.63, 3.8) is 0 Å². The van der Waals surface area contributed by atoms with Crippen molar-refractivity contribution in [3.8, 4) is 11.1 Å². The maximum absolute atomic E-state index is 13.5. The third-order valence-electron chi connectivity index (χ3n) is 5.94. The highest BCUT2D eigenvalue weighted by Gasteiger charge is 2.23. The average molecular weight is 446 g/mol. The number of benzene rings is 2. The van der Waals surface area contributed by atoms with Crippen LogP contribution in [-0.2, 0) is 11.3 Å². The van der Waals surface area contributed by atoms with E-state index in [0.717, 1.165) is 35.2 Å². The minimum atomic E-state index is 0.0404. The Morgan fingerprint density at radius 3 is 2.55 bits per heavy atom. The first kappa shape index (κ1) is 22.7. The normalized spacial score (nSPS) is 14.6. The monoisotopic (exact) mass is 445 g/mol. The average Bonchev–Trinajstić information content (AvgIpc) is 3.23. The summed E-state index contributed by atoms with van der Waals surface area (Å²) in [5, 5.41) is 7.11. The largest absolute Gasteiger partial charge is 0.355 e. The molecular formula is C26H31N5O2. The van der Waals surface area contributed by atoms with Gasteiger partial charge < -0.3 is 10.2 Å². The van der Waals surface area contributed by atoms with Crippen LogP contribution in [0.3, 0.4) is 0 Å². The number of hydrogen-bond acceptors (Lipinski definition) is 4. The fraction of sp³-hybridized carbons (Fsp3) is 0.346. The molecule has 0 bridgehead atoms. The second-order valence-corrected chi connectivity index (χ2v) is 8.32. The van der Waals surface area contributed by atoms with Crippen LogP contribution in [0.25, 0.3) is 11.1 Å². The molecule has 1 aromatic heterocycles. The fourth-order valence-corrected chi connectivity index (χ4v) is 4.25. The van der Waals surface area contributed by atoms with E-state index in [2.05, 4.69) is 39.6 Å². The van der Waals surface area contributed by atoms with Gasteiger partial charge in [-0.3, -0.25) is 19.2 Å². The van der Waals surface area contributed by atoms with Gasteiger partial charge in [0.15, 0.2) is 0 Å². The van der Waals surface area contributed by atoms with Gasteiger partial charge >= 0.3 is 0 Å². The minimum absolute atomic E-state index is 0.0404. The first-order valence-electron chi connectivity index (χ1n) is 11.6. The van der Waals surface area contributed by atoms with E-state index in [9.17, 15) is 9.59 Å². The molecule has 4 rings (SSSR count). The maximum atomic E-state index is 13.5. The van der Waals surface area contributed by atoms with Gasteiger partial charge in [-0.15, -0.1) is 0 Å². The summed E-state index contributed by atoms with van der Waals surface area (Å²) in [5.41, 5.74) is 3.84. The van der Waals surface area contributed by atoms with Crippen molar-refractivity contribution in [1.82, 2.24) is 24.9 Å². The molecule has 1 aliphatic heterocycles. The Kier molecular flexibility index (Phi) is 7.52. The lowest BCUT2D eigenvalue weighted by Crippen LogP contribution is -2.40. The molecule has 1 aliphatic rings. The van der Waals surface area contributed by atoms with Crippen LogP contribution in [0.4, 0.5) is 0 Å². The summed E-state index contributed by atoms with van der Waals surface area (Å²) in [7, 11) is 0. The predicted molar refractivity (Wildman–Crippen MR) is 129 cm³/mol. The quantitative estimate of drug-likeness (QED) is 0.607. The van der Waals surface area contributed by atoms with E-state index in [4.69, 9.17) is 0 Å². The number of amides is 2. The number of rotatable bonds is 7. The zero-order valence-corrected chi connectivity index (χ0v) is 19.1. The van der Waals surface area contributed by atoms with Crippen LogP contribution in [0.5, 0.6) is 0 Å². The van der Waals surface area contributed by atoms with Crippen molar-refractivity contribution in [2.45, 2.75) is 19.9 Å². The van der Waals surface area contributed by atoms with Crippen molar-refractivity contribution >= 4 is 11.8 Å². The minimum Gasteiger partial charge on any atom is -0.355 e. The molecule has 2 amide bonds. The molecule has 33 heavy (non-hydrogen) atoms. The summed E-state index contributed by atoms with van der Waals surface area (Å²) in [4.78, 5) is 29.5. The Morgan fingerprint density at radius 2 is 1.79 bits per heavy atom. The number of nitrogens with one attached hydrogen (secondary N) is 1. The fourth-order valence-electron chi connectivity index (χ4n) is 4.25. The van der Waals surface area contributed by atoms with Crippen LogP contribution >= 0.6 is 0 Å². The molecule has 1 saturated heterocycles. The van der Waals surface area contributed by atoms with Gasteiger partial charge in [0.25, 0.3) is 5.91 Å². The molecule has 0 spiro atoms. The highest BCUT2D eigenvalue weighted by molar-refractivity contribution is 6.01. The standard InChI is InChI=1S/C26H31N5O2/c1-2-27-25(32)20-29-14-6-15-30(18-17-29)26(33)24-8-4-3-7-23(24)22-11-9-21(10-12-22)19-31-16-5-13-28-31/h3-5,7-13,16H,2,6,14-15,17-20H2,1H3,(H,27,32). The predicted octanol–water partition coefficient (Wildman–Crippen LogP) is 2.88. The summed E-state index contributed by atoms with van der Waals surface area (Å²) >= 11 is 0. The first-order chi connectivity index (χ1) is 16.1. The molecular weight excluding hydrogens is 414 g/mol. The summed E-state index contributed by atoms with van der Waals surface area (Å²) < 4.78 is 1.89. The van der Waals surface area contributed by atoms with Crippen LogP contribution in [0.2, 0.25) is 0 Å². The van der Waals surface area contributed by atoms with E-state index in [1.807, 2.05) is 53.0 Å². The van der Waals surface area contributed by atoms with Crippen LogP contribution in [0, 0.1) is 0 Å². The Morgan fingerprint density at radius 1 is 0.970 bits per heavy atom. The van der Waals surface area contributed by atoms with Gasteiger partial charge in [-0.05, 0) is 42.2 Å². The molecule has 1 N–H and O–H groups in total. The molecule has 3 aromatic rings. The van der Waals surface area contributed by atoms with E-state index in [1.165, 1.54) is 0 Å². The Hall–Kier alpha value is -3.45. The van der Waals surface area contributed by atoms with Gasteiger partial charge in [-0.1, -0.05) is 42.5 Å². The summed E-state index contributed by atoms with van der Waals surface area (Å²) in [6.07, 6.45) is 4.58.